The lowest BCUT2D eigenvalue weighted by atomic mass is 9.73. The van der Waals surface area contributed by atoms with Crippen molar-refractivity contribution < 1.29 is 14.3 Å². The molecule has 4 aliphatic rings. The Bertz CT molecular complexity index is 834. The van der Waals surface area contributed by atoms with Gasteiger partial charge in [-0.2, -0.15) is 0 Å². The summed E-state index contributed by atoms with van der Waals surface area (Å²) >= 11 is 0. The van der Waals surface area contributed by atoms with Crippen molar-refractivity contribution in [3.8, 4) is 0 Å². The Morgan fingerprint density at radius 3 is 2.42 bits per heavy atom. The van der Waals surface area contributed by atoms with E-state index in [-0.39, 0.29) is 23.5 Å². The molecule has 168 valence electrons. The molecule has 0 saturated carbocycles. The van der Waals surface area contributed by atoms with Crippen LogP contribution in [0.5, 0.6) is 0 Å². The van der Waals surface area contributed by atoms with Crippen LogP contribution in [0.2, 0.25) is 0 Å². The molecule has 1 aromatic carbocycles. The maximum atomic E-state index is 12.4. The molecule has 2 amide bonds. The van der Waals surface area contributed by atoms with E-state index >= 15 is 0 Å². The fraction of sp³-hybridized carbons (Fsp3) is 0.680. The van der Waals surface area contributed by atoms with Gasteiger partial charge < -0.3 is 19.9 Å². The van der Waals surface area contributed by atoms with Crippen molar-refractivity contribution in [1.29, 1.82) is 0 Å². The molecule has 2 unspecified atom stereocenters. The molecule has 1 aliphatic carbocycles. The Balaban J connectivity index is 1.26. The summed E-state index contributed by atoms with van der Waals surface area (Å²) in [5.41, 5.74) is 2.95. The molecule has 31 heavy (non-hydrogen) atoms. The number of hydrogen-bond donors (Lipinski definition) is 1. The van der Waals surface area contributed by atoms with Crippen molar-refractivity contribution in [2.75, 3.05) is 19.7 Å². The summed E-state index contributed by atoms with van der Waals surface area (Å²) in [6, 6.07) is 10.1. The second kappa shape index (κ2) is 8.12. The molecule has 1 spiro atoms. The number of fused-ring (bicyclic) bond motifs is 4. The van der Waals surface area contributed by atoms with Gasteiger partial charge in [-0.25, -0.2) is 4.79 Å². The van der Waals surface area contributed by atoms with E-state index in [4.69, 9.17) is 4.74 Å². The highest BCUT2D eigenvalue weighted by Crippen LogP contribution is 2.51. The molecule has 3 heterocycles. The van der Waals surface area contributed by atoms with Gasteiger partial charge in [0.25, 0.3) is 0 Å². The average Bonchev–Trinajstić information content (AvgIpc) is 3.19. The summed E-state index contributed by atoms with van der Waals surface area (Å²) < 4.78 is 5.32. The van der Waals surface area contributed by atoms with Crippen LogP contribution in [-0.4, -0.2) is 59.6 Å². The molecule has 0 aromatic heterocycles. The minimum Gasteiger partial charge on any atom is -0.450 e. The number of piperidine rings is 2. The number of amides is 2. The van der Waals surface area contributed by atoms with E-state index in [0.717, 1.165) is 58.0 Å². The summed E-state index contributed by atoms with van der Waals surface area (Å²) in [6.07, 6.45) is 7.58. The van der Waals surface area contributed by atoms with Gasteiger partial charge in [0.15, 0.2) is 0 Å². The molecule has 6 heteroatoms. The third-order valence-corrected chi connectivity index (χ3v) is 8.34. The molecule has 0 radical (unpaired) electrons. The Morgan fingerprint density at radius 2 is 1.77 bits per heavy atom. The highest BCUT2D eigenvalue weighted by atomic mass is 16.6. The maximum absolute atomic E-state index is 12.4. The van der Waals surface area contributed by atoms with E-state index in [2.05, 4.69) is 34.5 Å². The zero-order valence-corrected chi connectivity index (χ0v) is 18.8. The fourth-order valence-electron chi connectivity index (χ4n) is 7.00. The zero-order valence-electron chi connectivity index (χ0n) is 18.8. The van der Waals surface area contributed by atoms with Gasteiger partial charge in [-0.1, -0.05) is 24.3 Å². The first-order valence-corrected chi connectivity index (χ1v) is 12.1. The van der Waals surface area contributed by atoms with Crippen LogP contribution in [0.3, 0.4) is 0 Å². The van der Waals surface area contributed by atoms with Crippen LogP contribution in [0.4, 0.5) is 4.79 Å². The third kappa shape index (κ3) is 3.63. The predicted molar refractivity (Wildman–Crippen MR) is 119 cm³/mol. The summed E-state index contributed by atoms with van der Waals surface area (Å²) in [5.74, 6) is 0.0538. The van der Waals surface area contributed by atoms with Crippen molar-refractivity contribution in [3.63, 3.8) is 0 Å². The van der Waals surface area contributed by atoms with Gasteiger partial charge >= 0.3 is 6.09 Å². The standard InChI is InChI=1S/C25H35N3O3/c1-3-31-24(30)28-18-8-9-19(28)15-20(14-18)27-12-10-25(11-13-27)16-23(26-17(2)29)21-6-4-5-7-22(21)25/h4-7,18-20,23H,3,8-16H2,1-2H3,(H,26,29)/t18?,19?,20?,23-/m0/s1. The van der Waals surface area contributed by atoms with E-state index in [0.29, 0.717) is 24.7 Å². The number of carbonyl (C=O) groups excluding carboxylic acids is 2. The van der Waals surface area contributed by atoms with Gasteiger partial charge in [-0.05, 0) is 76.1 Å². The molecule has 3 atom stereocenters. The monoisotopic (exact) mass is 425 g/mol. The molecular weight excluding hydrogens is 390 g/mol. The largest absolute Gasteiger partial charge is 0.450 e. The van der Waals surface area contributed by atoms with Crippen LogP contribution < -0.4 is 5.32 Å². The second-order valence-electron chi connectivity index (χ2n) is 9.98. The molecule has 1 N–H and O–H groups in total. The van der Waals surface area contributed by atoms with E-state index < -0.39 is 0 Å². The Morgan fingerprint density at radius 1 is 1.10 bits per heavy atom. The molecule has 6 nitrogen and oxygen atoms in total. The van der Waals surface area contributed by atoms with Crippen LogP contribution >= 0.6 is 0 Å². The van der Waals surface area contributed by atoms with Crippen molar-refractivity contribution in [3.05, 3.63) is 35.4 Å². The van der Waals surface area contributed by atoms with E-state index in [1.807, 2.05) is 11.8 Å². The number of hydrogen-bond acceptors (Lipinski definition) is 4. The van der Waals surface area contributed by atoms with Crippen LogP contribution in [0.25, 0.3) is 0 Å². The van der Waals surface area contributed by atoms with Crippen LogP contribution in [0, 0.1) is 0 Å². The zero-order chi connectivity index (χ0) is 21.6. The topological polar surface area (TPSA) is 61.9 Å². The van der Waals surface area contributed by atoms with Gasteiger partial charge in [-0.15, -0.1) is 0 Å². The predicted octanol–water partition coefficient (Wildman–Crippen LogP) is 3.75. The Labute approximate surface area is 185 Å². The number of carbonyl (C=O) groups is 2. The number of nitrogens with one attached hydrogen (secondary N) is 1. The van der Waals surface area contributed by atoms with Gasteiger partial charge in [0.05, 0.1) is 12.6 Å². The van der Waals surface area contributed by atoms with E-state index in [1.54, 1.807) is 6.92 Å². The summed E-state index contributed by atoms with van der Waals surface area (Å²) in [5, 5.41) is 3.19. The first-order valence-electron chi connectivity index (χ1n) is 12.1. The lowest BCUT2D eigenvalue weighted by molar-refractivity contribution is -0.119. The quantitative estimate of drug-likeness (QED) is 0.801. The van der Waals surface area contributed by atoms with E-state index in [1.165, 1.54) is 11.1 Å². The lowest BCUT2D eigenvalue weighted by Gasteiger charge is -2.47. The van der Waals surface area contributed by atoms with Gasteiger partial charge in [0.2, 0.25) is 5.91 Å². The van der Waals surface area contributed by atoms with Crippen molar-refractivity contribution in [2.45, 2.75) is 88.4 Å². The van der Waals surface area contributed by atoms with Gasteiger partial charge in [0.1, 0.15) is 0 Å². The second-order valence-corrected chi connectivity index (χ2v) is 9.98. The maximum Gasteiger partial charge on any atom is 0.410 e. The van der Waals surface area contributed by atoms with Gasteiger partial charge in [-0.3, -0.25) is 4.79 Å². The molecule has 3 aliphatic heterocycles. The molecule has 3 saturated heterocycles. The van der Waals surface area contributed by atoms with E-state index in [9.17, 15) is 9.59 Å². The Kier molecular flexibility index (Phi) is 5.45. The molecule has 5 rings (SSSR count). The van der Waals surface area contributed by atoms with Crippen molar-refractivity contribution in [1.82, 2.24) is 15.1 Å². The SMILES string of the molecule is CCOC(=O)N1C2CCC1CC(N1CCC3(CC1)C[C@H](NC(C)=O)c1ccccc13)C2. The van der Waals surface area contributed by atoms with Crippen LogP contribution in [-0.2, 0) is 14.9 Å². The summed E-state index contributed by atoms with van der Waals surface area (Å²) in [6.45, 7) is 6.16. The molecular formula is C25H35N3O3. The number of rotatable bonds is 3. The minimum absolute atomic E-state index is 0.0538. The number of ether oxygens (including phenoxy) is 1. The first kappa shape index (κ1) is 20.8. The minimum atomic E-state index is -0.113. The average molecular weight is 426 g/mol. The fourth-order valence-corrected chi connectivity index (χ4v) is 7.00. The molecule has 3 fully saturated rings. The summed E-state index contributed by atoms with van der Waals surface area (Å²) in [7, 11) is 0. The number of likely N-dealkylation sites (tertiary alicyclic amines) is 1. The van der Waals surface area contributed by atoms with Crippen molar-refractivity contribution >= 4 is 12.0 Å². The highest BCUT2D eigenvalue weighted by Gasteiger charge is 2.49. The van der Waals surface area contributed by atoms with Crippen LogP contribution in [0.1, 0.15) is 76.0 Å². The highest BCUT2D eigenvalue weighted by molar-refractivity contribution is 5.74. The third-order valence-electron chi connectivity index (χ3n) is 8.34. The first-order chi connectivity index (χ1) is 15.0. The molecule has 1 aromatic rings. The van der Waals surface area contributed by atoms with Crippen molar-refractivity contribution in [2.24, 2.45) is 0 Å². The Hall–Kier alpha value is -2.08. The van der Waals surface area contributed by atoms with Crippen LogP contribution in [0.15, 0.2) is 24.3 Å². The lowest BCUT2D eigenvalue weighted by Crippen LogP contribution is -2.55. The number of benzene rings is 1. The summed E-state index contributed by atoms with van der Waals surface area (Å²) in [4.78, 5) is 28.9. The molecule has 2 bridgehead atoms. The number of nitrogens with zero attached hydrogens (tertiary/aromatic N) is 2. The normalized spacial score (nSPS) is 31.5. The van der Waals surface area contributed by atoms with Gasteiger partial charge in [0, 0.05) is 30.5 Å². The smallest absolute Gasteiger partial charge is 0.410 e.